The first-order valence-electron chi connectivity index (χ1n) is 5.07. The lowest BCUT2D eigenvalue weighted by atomic mass is 9.88. The van der Waals surface area contributed by atoms with Crippen LogP contribution in [0.15, 0.2) is 0 Å². The number of hydrogen-bond donors (Lipinski definition) is 1. The van der Waals surface area contributed by atoms with Crippen LogP contribution in [0.1, 0.15) is 27.2 Å². The predicted octanol–water partition coefficient (Wildman–Crippen LogP) is 1.31. The highest BCUT2D eigenvalue weighted by Gasteiger charge is 2.22. The summed E-state index contributed by atoms with van der Waals surface area (Å²) in [5.74, 6) is 1.74. The molecule has 0 aromatic rings. The van der Waals surface area contributed by atoms with Crippen LogP contribution in [0.3, 0.4) is 0 Å². The number of likely N-dealkylation sites (tertiary alicyclic amines) is 1. The molecule has 0 saturated carbocycles. The number of nitrogens with zero attached hydrogens (tertiary/aromatic N) is 1. The van der Waals surface area contributed by atoms with E-state index in [-0.39, 0.29) is 0 Å². The lowest BCUT2D eigenvalue weighted by molar-refractivity contribution is 0.134. The number of hydrogen-bond acceptors (Lipinski definition) is 2. The summed E-state index contributed by atoms with van der Waals surface area (Å²) in [5.41, 5.74) is 5.76. The summed E-state index contributed by atoms with van der Waals surface area (Å²) in [6.07, 6.45) is 1.34. The molecule has 1 saturated heterocycles. The van der Waals surface area contributed by atoms with Crippen LogP contribution in [0.4, 0.5) is 0 Å². The van der Waals surface area contributed by atoms with Crippen molar-refractivity contribution in [3.05, 3.63) is 0 Å². The first-order valence-corrected chi connectivity index (χ1v) is 5.07. The van der Waals surface area contributed by atoms with Crippen molar-refractivity contribution < 1.29 is 0 Å². The van der Waals surface area contributed by atoms with Gasteiger partial charge in [-0.25, -0.2) is 0 Å². The van der Waals surface area contributed by atoms with Crippen molar-refractivity contribution in [2.24, 2.45) is 17.6 Å². The van der Waals surface area contributed by atoms with Crippen LogP contribution in [0.2, 0.25) is 0 Å². The first-order chi connectivity index (χ1) is 5.59. The highest BCUT2D eigenvalue weighted by Crippen LogP contribution is 2.21. The fourth-order valence-electron chi connectivity index (χ4n) is 1.92. The Labute approximate surface area is 76.1 Å². The fraction of sp³-hybridized carbons (Fsp3) is 1.00. The summed E-state index contributed by atoms with van der Waals surface area (Å²) in [6, 6.07) is 0.325. The van der Waals surface area contributed by atoms with E-state index in [2.05, 4.69) is 25.7 Å². The molecule has 0 aromatic heterocycles. The zero-order chi connectivity index (χ0) is 9.14. The standard InChI is InChI=1S/C10H22N2/c1-8-4-5-12(6-9(8)2)7-10(3)11/h8-10H,4-7,11H2,1-3H3. The molecule has 0 radical (unpaired) electrons. The predicted molar refractivity (Wildman–Crippen MR) is 53.0 cm³/mol. The molecule has 72 valence electrons. The van der Waals surface area contributed by atoms with E-state index in [1.54, 1.807) is 0 Å². The van der Waals surface area contributed by atoms with Crippen LogP contribution in [0, 0.1) is 11.8 Å². The highest BCUT2D eigenvalue weighted by atomic mass is 15.1. The van der Waals surface area contributed by atoms with E-state index in [9.17, 15) is 0 Å². The smallest absolute Gasteiger partial charge is 0.0139 e. The maximum absolute atomic E-state index is 5.76. The van der Waals surface area contributed by atoms with Gasteiger partial charge in [0.1, 0.15) is 0 Å². The van der Waals surface area contributed by atoms with Crippen molar-refractivity contribution in [2.45, 2.75) is 33.2 Å². The number of nitrogens with two attached hydrogens (primary N) is 1. The minimum Gasteiger partial charge on any atom is -0.327 e. The third-order valence-electron chi connectivity index (χ3n) is 2.96. The second kappa shape index (κ2) is 4.24. The summed E-state index contributed by atoms with van der Waals surface area (Å²) >= 11 is 0. The van der Waals surface area contributed by atoms with Gasteiger partial charge in [0.15, 0.2) is 0 Å². The molecule has 3 unspecified atom stereocenters. The van der Waals surface area contributed by atoms with Gasteiger partial charge in [-0.2, -0.15) is 0 Å². The van der Waals surface area contributed by atoms with Gasteiger partial charge in [-0.3, -0.25) is 0 Å². The molecule has 12 heavy (non-hydrogen) atoms. The molecule has 0 spiro atoms. The molecule has 1 heterocycles. The van der Waals surface area contributed by atoms with Crippen LogP contribution in [0.5, 0.6) is 0 Å². The van der Waals surface area contributed by atoms with Gasteiger partial charge in [-0.05, 0) is 31.7 Å². The molecule has 0 aromatic carbocycles. The van der Waals surface area contributed by atoms with Crippen molar-refractivity contribution >= 4 is 0 Å². The summed E-state index contributed by atoms with van der Waals surface area (Å²) < 4.78 is 0. The molecule has 1 aliphatic heterocycles. The minimum absolute atomic E-state index is 0.325. The Bertz CT molecular complexity index is 134. The summed E-state index contributed by atoms with van der Waals surface area (Å²) in [5, 5.41) is 0. The van der Waals surface area contributed by atoms with Gasteiger partial charge in [-0.15, -0.1) is 0 Å². The summed E-state index contributed by atoms with van der Waals surface area (Å²) in [7, 11) is 0. The number of piperidine rings is 1. The topological polar surface area (TPSA) is 29.3 Å². The van der Waals surface area contributed by atoms with Crippen LogP contribution >= 0.6 is 0 Å². The van der Waals surface area contributed by atoms with Crippen LogP contribution < -0.4 is 5.73 Å². The van der Waals surface area contributed by atoms with Crippen LogP contribution in [-0.2, 0) is 0 Å². The Hall–Kier alpha value is -0.0800. The Kier molecular flexibility index (Phi) is 3.53. The van der Waals surface area contributed by atoms with E-state index in [1.165, 1.54) is 19.5 Å². The molecule has 0 amide bonds. The Morgan fingerprint density at radius 1 is 1.42 bits per heavy atom. The Morgan fingerprint density at radius 2 is 2.08 bits per heavy atom. The lowest BCUT2D eigenvalue weighted by Gasteiger charge is -2.36. The molecule has 1 rings (SSSR count). The van der Waals surface area contributed by atoms with E-state index >= 15 is 0 Å². The van der Waals surface area contributed by atoms with Gasteiger partial charge in [0.2, 0.25) is 0 Å². The molecule has 3 atom stereocenters. The SMILES string of the molecule is CC(N)CN1CCC(C)C(C)C1. The van der Waals surface area contributed by atoms with Crippen molar-refractivity contribution in [3.8, 4) is 0 Å². The minimum atomic E-state index is 0.325. The molecule has 1 aliphatic rings. The average molecular weight is 170 g/mol. The maximum Gasteiger partial charge on any atom is 0.0139 e. The summed E-state index contributed by atoms with van der Waals surface area (Å²) in [4.78, 5) is 2.50. The van der Waals surface area contributed by atoms with Crippen LogP contribution in [-0.4, -0.2) is 30.6 Å². The van der Waals surface area contributed by atoms with Gasteiger partial charge in [0, 0.05) is 19.1 Å². The van der Waals surface area contributed by atoms with E-state index in [0.717, 1.165) is 18.4 Å². The van der Waals surface area contributed by atoms with Crippen molar-refractivity contribution in [1.29, 1.82) is 0 Å². The fourth-order valence-corrected chi connectivity index (χ4v) is 1.92. The van der Waals surface area contributed by atoms with Crippen molar-refractivity contribution in [3.63, 3.8) is 0 Å². The largest absolute Gasteiger partial charge is 0.327 e. The van der Waals surface area contributed by atoms with E-state index in [1.807, 2.05) is 0 Å². The second-order valence-electron chi connectivity index (χ2n) is 4.48. The zero-order valence-electron chi connectivity index (χ0n) is 8.59. The molecule has 0 bridgehead atoms. The van der Waals surface area contributed by atoms with E-state index in [0.29, 0.717) is 6.04 Å². The average Bonchev–Trinajstić information content (AvgIpc) is 1.96. The molecular weight excluding hydrogens is 148 g/mol. The normalized spacial score (nSPS) is 35.0. The molecule has 1 fully saturated rings. The van der Waals surface area contributed by atoms with Crippen molar-refractivity contribution in [2.75, 3.05) is 19.6 Å². The monoisotopic (exact) mass is 170 g/mol. The molecular formula is C10H22N2. The second-order valence-corrected chi connectivity index (χ2v) is 4.48. The Morgan fingerprint density at radius 3 is 2.58 bits per heavy atom. The zero-order valence-corrected chi connectivity index (χ0v) is 8.59. The highest BCUT2D eigenvalue weighted by molar-refractivity contribution is 4.76. The molecule has 2 heteroatoms. The summed E-state index contributed by atoms with van der Waals surface area (Å²) in [6.45, 7) is 10.3. The molecule has 2 N–H and O–H groups in total. The van der Waals surface area contributed by atoms with Crippen LogP contribution in [0.25, 0.3) is 0 Å². The lowest BCUT2D eigenvalue weighted by Crippen LogP contribution is -2.43. The quantitative estimate of drug-likeness (QED) is 0.677. The van der Waals surface area contributed by atoms with Gasteiger partial charge in [0.25, 0.3) is 0 Å². The van der Waals surface area contributed by atoms with Gasteiger partial charge < -0.3 is 10.6 Å². The third-order valence-corrected chi connectivity index (χ3v) is 2.96. The van der Waals surface area contributed by atoms with Gasteiger partial charge in [0.05, 0.1) is 0 Å². The molecule has 0 aliphatic carbocycles. The third kappa shape index (κ3) is 2.76. The van der Waals surface area contributed by atoms with Gasteiger partial charge in [-0.1, -0.05) is 13.8 Å². The van der Waals surface area contributed by atoms with E-state index in [4.69, 9.17) is 5.73 Å². The molecule has 2 nitrogen and oxygen atoms in total. The van der Waals surface area contributed by atoms with Crippen molar-refractivity contribution in [1.82, 2.24) is 4.90 Å². The van der Waals surface area contributed by atoms with E-state index < -0.39 is 0 Å². The first kappa shape index (κ1) is 10.0. The van der Waals surface area contributed by atoms with Gasteiger partial charge >= 0.3 is 0 Å². The number of rotatable bonds is 2. The maximum atomic E-state index is 5.76. The Balaban J connectivity index is 2.30.